The molecule has 0 bridgehead atoms. The lowest BCUT2D eigenvalue weighted by atomic mass is 10.1. The van der Waals surface area contributed by atoms with Gasteiger partial charge in [0.05, 0.1) is 0 Å². The zero-order chi connectivity index (χ0) is 14.7. The Balaban J connectivity index is 1.59. The Bertz CT molecular complexity index is 624. The second-order valence-electron chi connectivity index (χ2n) is 5.43. The van der Waals surface area contributed by atoms with Crippen LogP contribution in [-0.4, -0.2) is 16.0 Å². The molecule has 1 aliphatic rings. The lowest BCUT2D eigenvalue weighted by molar-refractivity contribution is -0.129. The maximum Gasteiger partial charge on any atom is 0.253 e. The van der Waals surface area contributed by atoms with E-state index < -0.39 is 12.0 Å². The van der Waals surface area contributed by atoms with Crippen molar-refractivity contribution in [2.24, 2.45) is 0 Å². The third-order valence-electron chi connectivity index (χ3n) is 3.70. The van der Waals surface area contributed by atoms with Crippen molar-refractivity contribution < 1.29 is 9.90 Å². The molecular formula is C17H18N2O2. The molecule has 1 heterocycles. The zero-order valence-corrected chi connectivity index (χ0v) is 11.7. The number of rotatable bonds is 5. The van der Waals surface area contributed by atoms with Crippen molar-refractivity contribution in [2.45, 2.75) is 31.4 Å². The standard InChI is InChI=1S/C17H18N2O2/c20-16(14-4-2-1-3-5-14)17(21)19-10-12-8-15(11-18-9-12)13-6-7-13/h1-5,8-9,11,13,16,20H,6-7,10H2,(H,19,21). The van der Waals surface area contributed by atoms with Crippen LogP contribution in [-0.2, 0) is 11.3 Å². The van der Waals surface area contributed by atoms with Crippen molar-refractivity contribution in [1.29, 1.82) is 0 Å². The molecule has 1 amide bonds. The Morgan fingerprint density at radius 2 is 2.05 bits per heavy atom. The highest BCUT2D eigenvalue weighted by atomic mass is 16.3. The molecule has 2 N–H and O–H groups in total. The van der Waals surface area contributed by atoms with Crippen LogP contribution >= 0.6 is 0 Å². The van der Waals surface area contributed by atoms with E-state index in [-0.39, 0.29) is 0 Å². The van der Waals surface area contributed by atoms with Crippen molar-refractivity contribution in [1.82, 2.24) is 10.3 Å². The molecule has 1 aromatic carbocycles. The van der Waals surface area contributed by atoms with Crippen LogP contribution in [0.1, 0.15) is 41.6 Å². The lowest BCUT2D eigenvalue weighted by Crippen LogP contribution is -2.28. The lowest BCUT2D eigenvalue weighted by Gasteiger charge is -2.12. The molecule has 1 saturated carbocycles. The number of benzene rings is 1. The van der Waals surface area contributed by atoms with E-state index in [1.807, 2.05) is 12.3 Å². The Morgan fingerprint density at radius 1 is 1.29 bits per heavy atom. The summed E-state index contributed by atoms with van der Waals surface area (Å²) in [5, 5.41) is 12.7. The van der Waals surface area contributed by atoms with Crippen LogP contribution in [0.4, 0.5) is 0 Å². The van der Waals surface area contributed by atoms with Gasteiger partial charge in [0.2, 0.25) is 0 Å². The molecule has 1 atom stereocenters. The van der Waals surface area contributed by atoms with Crippen molar-refractivity contribution in [2.75, 3.05) is 0 Å². The van der Waals surface area contributed by atoms with Crippen LogP contribution in [0.25, 0.3) is 0 Å². The van der Waals surface area contributed by atoms with Gasteiger partial charge in [0, 0.05) is 18.9 Å². The fourth-order valence-corrected chi connectivity index (χ4v) is 2.32. The number of carbonyl (C=O) groups excluding carboxylic acids is 1. The van der Waals surface area contributed by atoms with Gasteiger partial charge in [0.25, 0.3) is 5.91 Å². The first-order chi connectivity index (χ1) is 10.2. The summed E-state index contributed by atoms with van der Waals surface area (Å²) in [5.74, 6) is 0.251. The van der Waals surface area contributed by atoms with Gasteiger partial charge >= 0.3 is 0 Å². The van der Waals surface area contributed by atoms with Crippen molar-refractivity contribution in [3.8, 4) is 0 Å². The molecule has 4 nitrogen and oxygen atoms in total. The maximum atomic E-state index is 12.0. The predicted octanol–water partition coefficient (Wildman–Crippen LogP) is 2.31. The number of amides is 1. The number of aliphatic hydroxyl groups is 1. The Labute approximate surface area is 123 Å². The van der Waals surface area contributed by atoms with E-state index in [1.165, 1.54) is 18.4 Å². The van der Waals surface area contributed by atoms with Gasteiger partial charge in [-0.15, -0.1) is 0 Å². The highest BCUT2D eigenvalue weighted by Crippen LogP contribution is 2.39. The molecule has 1 fully saturated rings. The van der Waals surface area contributed by atoms with Gasteiger partial charge in [0.15, 0.2) is 6.10 Å². The summed E-state index contributed by atoms with van der Waals surface area (Å²) in [6, 6.07) is 11.0. The van der Waals surface area contributed by atoms with E-state index >= 15 is 0 Å². The van der Waals surface area contributed by atoms with E-state index in [0.717, 1.165) is 5.56 Å². The average Bonchev–Trinajstić information content (AvgIpc) is 3.38. The molecule has 108 valence electrons. The van der Waals surface area contributed by atoms with Crippen LogP contribution in [0.15, 0.2) is 48.8 Å². The van der Waals surface area contributed by atoms with Gasteiger partial charge in [-0.1, -0.05) is 36.4 Å². The summed E-state index contributed by atoms with van der Waals surface area (Å²) in [4.78, 5) is 16.2. The number of hydrogen-bond donors (Lipinski definition) is 2. The maximum absolute atomic E-state index is 12.0. The minimum Gasteiger partial charge on any atom is -0.378 e. The first-order valence-electron chi connectivity index (χ1n) is 7.18. The average molecular weight is 282 g/mol. The second kappa shape index (κ2) is 6.06. The second-order valence-corrected chi connectivity index (χ2v) is 5.43. The van der Waals surface area contributed by atoms with E-state index in [0.29, 0.717) is 18.0 Å². The van der Waals surface area contributed by atoms with Crippen molar-refractivity contribution in [3.63, 3.8) is 0 Å². The molecule has 0 spiro atoms. The monoisotopic (exact) mass is 282 g/mol. The number of carbonyl (C=O) groups is 1. The van der Waals surface area contributed by atoms with Gasteiger partial charge < -0.3 is 10.4 Å². The van der Waals surface area contributed by atoms with Gasteiger partial charge in [-0.2, -0.15) is 0 Å². The number of aromatic nitrogens is 1. The fraction of sp³-hybridized carbons (Fsp3) is 0.294. The van der Waals surface area contributed by atoms with Gasteiger partial charge in [-0.3, -0.25) is 9.78 Å². The Kier molecular flexibility index (Phi) is 3.97. The van der Waals surface area contributed by atoms with Gasteiger partial charge in [0.1, 0.15) is 0 Å². The van der Waals surface area contributed by atoms with Crippen molar-refractivity contribution in [3.05, 3.63) is 65.5 Å². The highest BCUT2D eigenvalue weighted by molar-refractivity contribution is 5.81. The van der Waals surface area contributed by atoms with Crippen LogP contribution in [0.3, 0.4) is 0 Å². The predicted molar refractivity (Wildman–Crippen MR) is 79.5 cm³/mol. The first kappa shape index (κ1) is 13.8. The first-order valence-corrected chi connectivity index (χ1v) is 7.18. The smallest absolute Gasteiger partial charge is 0.253 e. The SMILES string of the molecule is O=C(NCc1cncc(C2CC2)c1)C(O)c1ccccc1. The summed E-state index contributed by atoms with van der Waals surface area (Å²) in [6.45, 7) is 0.385. The number of pyridine rings is 1. The molecular weight excluding hydrogens is 264 g/mol. The molecule has 0 radical (unpaired) electrons. The van der Waals surface area contributed by atoms with E-state index in [9.17, 15) is 9.90 Å². The fourth-order valence-electron chi connectivity index (χ4n) is 2.32. The number of hydrogen-bond acceptors (Lipinski definition) is 3. The third kappa shape index (κ3) is 3.47. The third-order valence-corrected chi connectivity index (χ3v) is 3.70. The largest absolute Gasteiger partial charge is 0.378 e. The molecule has 2 aromatic rings. The normalized spacial score (nSPS) is 15.5. The molecule has 0 aliphatic heterocycles. The van der Waals surface area contributed by atoms with Crippen LogP contribution < -0.4 is 5.32 Å². The minimum atomic E-state index is -1.13. The summed E-state index contributed by atoms with van der Waals surface area (Å²) in [5.41, 5.74) is 2.80. The summed E-state index contributed by atoms with van der Waals surface area (Å²) >= 11 is 0. The van der Waals surface area contributed by atoms with E-state index in [1.54, 1.807) is 30.5 Å². The molecule has 3 rings (SSSR count). The Morgan fingerprint density at radius 3 is 2.76 bits per heavy atom. The number of aliphatic hydroxyl groups excluding tert-OH is 1. The van der Waals surface area contributed by atoms with Crippen LogP contribution in [0.2, 0.25) is 0 Å². The Hall–Kier alpha value is -2.20. The molecule has 1 aromatic heterocycles. The van der Waals surface area contributed by atoms with Crippen LogP contribution in [0, 0.1) is 0 Å². The highest BCUT2D eigenvalue weighted by Gasteiger charge is 2.24. The summed E-state index contributed by atoms with van der Waals surface area (Å²) in [6.07, 6.45) is 4.96. The van der Waals surface area contributed by atoms with E-state index in [4.69, 9.17) is 0 Å². The topological polar surface area (TPSA) is 62.2 Å². The summed E-state index contributed by atoms with van der Waals surface area (Å²) < 4.78 is 0. The molecule has 1 aliphatic carbocycles. The minimum absolute atomic E-state index is 0.385. The number of nitrogens with zero attached hydrogens (tertiary/aromatic N) is 1. The van der Waals surface area contributed by atoms with Crippen molar-refractivity contribution >= 4 is 5.91 Å². The molecule has 4 heteroatoms. The van der Waals surface area contributed by atoms with Gasteiger partial charge in [-0.25, -0.2) is 0 Å². The summed E-state index contributed by atoms with van der Waals surface area (Å²) in [7, 11) is 0. The zero-order valence-electron chi connectivity index (χ0n) is 11.7. The van der Waals surface area contributed by atoms with Crippen LogP contribution in [0.5, 0.6) is 0 Å². The molecule has 0 saturated heterocycles. The van der Waals surface area contributed by atoms with Gasteiger partial charge in [-0.05, 0) is 35.4 Å². The van der Waals surface area contributed by atoms with E-state index in [2.05, 4.69) is 16.4 Å². The number of nitrogens with one attached hydrogen (secondary N) is 1. The molecule has 21 heavy (non-hydrogen) atoms. The quantitative estimate of drug-likeness (QED) is 0.884. The molecule has 1 unspecified atom stereocenters.